The third kappa shape index (κ3) is 3.48. The molecule has 0 aromatic carbocycles. The van der Waals surface area contributed by atoms with Crippen molar-refractivity contribution in [1.29, 1.82) is 0 Å². The van der Waals surface area contributed by atoms with Crippen LogP contribution in [0.1, 0.15) is 32.6 Å². The van der Waals surface area contributed by atoms with Crippen LogP contribution in [-0.2, 0) is 9.59 Å². The number of hydrogen-bond acceptors (Lipinski definition) is 3. The minimum absolute atomic E-state index is 0.0455. The lowest BCUT2D eigenvalue weighted by Crippen LogP contribution is -2.37. The zero-order valence-corrected chi connectivity index (χ0v) is 9.48. The normalized spacial score (nSPS) is 26.4. The summed E-state index contributed by atoms with van der Waals surface area (Å²) in [6.45, 7) is 1.88. The smallest absolute Gasteiger partial charge is 0.306 e. The van der Waals surface area contributed by atoms with Crippen LogP contribution < -0.4 is 5.32 Å². The monoisotopic (exact) mass is 229 g/mol. The Hall–Kier alpha value is -1.10. The predicted octanol–water partition coefficient (Wildman–Crippen LogP) is 0.374. The van der Waals surface area contributed by atoms with Crippen molar-refractivity contribution in [2.45, 2.75) is 38.6 Å². The van der Waals surface area contributed by atoms with Crippen LogP contribution in [-0.4, -0.2) is 34.7 Å². The molecule has 0 heterocycles. The Labute approximate surface area is 94.8 Å². The van der Waals surface area contributed by atoms with Crippen LogP contribution in [0.3, 0.4) is 0 Å². The topological polar surface area (TPSA) is 86.6 Å². The minimum atomic E-state index is -0.807. The van der Waals surface area contributed by atoms with Gasteiger partial charge >= 0.3 is 5.97 Å². The molecule has 0 radical (unpaired) electrons. The molecule has 1 fully saturated rings. The number of carboxylic acids is 1. The van der Waals surface area contributed by atoms with Crippen molar-refractivity contribution in [2.75, 3.05) is 6.61 Å². The van der Waals surface area contributed by atoms with E-state index in [0.717, 1.165) is 0 Å². The Balaban J connectivity index is 2.36. The van der Waals surface area contributed by atoms with Crippen LogP contribution in [0.25, 0.3) is 0 Å². The fourth-order valence-corrected chi connectivity index (χ4v) is 2.07. The zero-order valence-electron chi connectivity index (χ0n) is 9.48. The summed E-state index contributed by atoms with van der Waals surface area (Å²) in [6.07, 6.45) is 2.20. The second kappa shape index (κ2) is 5.84. The summed E-state index contributed by atoms with van der Waals surface area (Å²) in [5.41, 5.74) is 0. The second-order valence-corrected chi connectivity index (χ2v) is 4.47. The molecule has 0 spiro atoms. The summed E-state index contributed by atoms with van der Waals surface area (Å²) in [7, 11) is 0. The first-order valence-electron chi connectivity index (χ1n) is 5.68. The van der Waals surface area contributed by atoms with Gasteiger partial charge in [-0.3, -0.25) is 9.59 Å². The van der Waals surface area contributed by atoms with E-state index in [2.05, 4.69) is 5.32 Å². The van der Waals surface area contributed by atoms with Crippen LogP contribution in [0.4, 0.5) is 0 Å². The Morgan fingerprint density at radius 2 is 2.00 bits per heavy atom. The maximum atomic E-state index is 11.7. The van der Waals surface area contributed by atoms with Gasteiger partial charge in [-0.15, -0.1) is 0 Å². The van der Waals surface area contributed by atoms with Crippen LogP contribution in [0.15, 0.2) is 0 Å². The lowest BCUT2D eigenvalue weighted by Gasteiger charge is -2.16. The second-order valence-electron chi connectivity index (χ2n) is 4.47. The molecule has 0 saturated heterocycles. The van der Waals surface area contributed by atoms with Crippen LogP contribution in [0, 0.1) is 11.8 Å². The van der Waals surface area contributed by atoms with Gasteiger partial charge in [0.2, 0.25) is 5.91 Å². The van der Waals surface area contributed by atoms with E-state index in [1.807, 2.05) is 6.92 Å². The molecular weight excluding hydrogens is 210 g/mol. The van der Waals surface area contributed by atoms with Gasteiger partial charge in [-0.2, -0.15) is 0 Å². The maximum absolute atomic E-state index is 11.7. The van der Waals surface area contributed by atoms with Crippen molar-refractivity contribution >= 4 is 11.9 Å². The highest BCUT2D eigenvalue weighted by atomic mass is 16.4. The first-order valence-corrected chi connectivity index (χ1v) is 5.68. The third-order valence-corrected chi connectivity index (χ3v) is 3.10. The van der Waals surface area contributed by atoms with Crippen LogP contribution >= 0.6 is 0 Å². The number of aliphatic carboxylic acids is 1. The average molecular weight is 229 g/mol. The van der Waals surface area contributed by atoms with Gasteiger partial charge in [0.1, 0.15) is 0 Å². The number of amides is 1. The van der Waals surface area contributed by atoms with Crippen molar-refractivity contribution in [1.82, 2.24) is 5.32 Å². The summed E-state index contributed by atoms with van der Waals surface area (Å²) in [6, 6.07) is -0.0543. The number of carbonyl (C=O) groups excluding carboxylic acids is 1. The fourth-order valence-electron chi connectivity index (χ4n) is 2.07. The number of hydrogen-bond donors (Lipinski definition) is 3. The summed E-state index contributed by atoms with van der Waals surface area (Å²) in [5.74, 6) is -1.44. The molecule has 0 bridgehead atoms. The van der Waals surface area contributed by atoms with E-state index >= 15 is 0 Å². The summed E-state index contributed by atoms with van der Waals surface area (Å²) >= 11 is 0. The summed E-state index contributed by atoms with van der Waals surface area (Å²) in [5, 5.41) is 20.3. The number of aliphatic hydroxyl groups is 1. The van der Waals surface area contributed by atoms with E-state index in [4.69, 9.17) is 10.2 Å². The molecule has 1 saturated carbocycles. The lowest BCUT2D eigenvalue weighted by molar-refractivity contribution is -0.141. The molecule has 1 rings (SSSR count). The Morgan fingerprint density at radius 3 is 2.50 bits per heavy atom. The van der Waals surface area contributed by atoms with E-state index < -0.39 is 5.97 Å². The summed E-state index contributed by atoms with van der Waals surface area (Å²) in [4.78, 5) is 22.4. The highest BCUT2D eigenvalue weighted by Gasteiger charge is 2.33. The van der Waals surface area contributed by atoms with Crippen molar-refractivity contribution in [3.63, 3.8) is 0 Å². The molecule has 92 valence electrons. The molecular formula is C11H19NO4. The van der Waals surface area contributed by atoms with Gasteiger partial charge in [-0.05, 0) is 32.6 Å². The fraction of sp³-hybridized carbons (Fsp3) is 0.818. The Kier molecular flexibility index (Phi) is 4.73. The number of nitrogens with one attached hydrogen (secondary N) is 1. The molecule has 5 nitrogen and oxygen atoms in total. The maximum Gasteiger partial charge on any atom is 0.306 e. The average Bonchev–Trinajstić information content (AvgIpc) is 2.66. The van der Waals surface area contributed by atoms with Gasteiger partial charge in [0.15, 0.2) is 0 Å². The quantitative estimate of drug-likeness (QED) is 0.636. The van der Waals surface area contributed by atoms with Crippen LogP contribution in [0.2, 0.25) is 0 Å². The highest BCUT2D eigenvalue weighted by molar-refractivity contribution is 5.81. The third-order valence-electron chi connectivity index (χ3n) is 3.10. The van der Waals surface area contributed by atoms with Crippen molar-refractivity contribution in [3.8, 4) is 0 Å². The molecule has 1 aliphatic carbocycles. The first kappa shape index (κ1) is 13.0. The zero-order chi connectivity index (χ0) is 12.1. The van der Waals surface area contributed by atoms with E-state index in [0.29, 0.717) is 25.7 Å². The standard InChI is InChI=1S/C11H19NO4/c1-7(4-5-13)12-10(14)8-2-3-9(6-8)11(15)16/h7-9,13H,2-6H2,1H3,(H,12,14)(H,15,16)/t7?,8-,9+/m1/s1. The van der Waals surface area contributed by atoms with Gasteiger partial charge in [-0.25, -0.2) is 0 Å². The first-order chi connectivity index (χ1) is 7.54. The summed E-state index contributed by atoms with van der Waals surface area (Å²) < 4.78 is 0. The molecule has 5 heteroatoms. The van der Waals surface area contributed by atoms with E-state index in [1.165, 1.54) is 0 Å². The number of rotatable bonds is 5. The molecule has 1 aliphatic rings. The van der Waals surface area contributed by atoms with Gasteiger partial charge in [0.05, 0.1) is 5.92 Å². The minimum Gasteiger partial charge on any atom is -0.481 e. The number of carbonyl (C=O) groups is 2. The molecule has 3 atom stereocenters. The van der Waals surface area contributed by atoms with E-state index in [9.17, 15) is 9.59 Å². The van der Waals surface area contributed by atoms with Gasteiger partial charge < -0.3 is 15.5 Å². The van der Waals surface area contributed by atoms with Gasteiger partial charge in [0, 0.05) is 18.6 Å². The SMILES string of the molecule is CC(CCO)NC(=O)[C@@H]1CC[C@H](C(=O)O)C1. The molecule has 16 heavy (non-hydrogen) atoms. The molecule has 0 aliphatic heterocycles. The van der Waals surface area contributed by atoms with E-state index in [-0.39, 0.29) is 30.4 Å². The molecule has 3 N–H and O–H groups in total. The molecule has 1 unspecified atom stereocenters. The van der Waals surface area contributed by atoms with Crippen molar-refractivity contribution < 1.29 is 19.8 Å². The van der Waals surface area contributed by atoms with Gasteiger partial charge in [-0.1, -0.05) is 0 Å². The highest BCUT2D eigenvalue weighted by Crippen LogP contribution is 2.31. The van der Waals surface area contributed by atoms with Gasteiger partial charge in [0.25, 0.3) is 0 Å². The molecule has 0 aromatic rings. The van der Waals surface area contributed by atoms with Crippen LogP contribution in [0.5, 0.6) is 0 Å². The number of aliphatic hydroxyl groups excluding tert-OH is 1. The lowest BCUT2D eigenvalue weighted by atomic mass is 10.0. The largest absolute Gasteiger partial charge is 0.481 e. The van der Waals surface area contributed by atoms with E-state index in [1.54, 1.807) is 0 Å². The Morgan fingerprint density at radius 1 is 1.38 bits per heavy atom. The number of carboxylic acid groups (broad SMARTS) is 1. The van der Waals surface area contributed by atoms with Crippen molar-refractivity contribution in [2.24, 2.45) is 11.8 Å². The predicted molar refractivity (Wildman–Crippen MR) is 57.8 cm³/mol. The Bertz CT molecular complexity index is 267. The molecule has 0 aromatic heterocycles. The molecule has 1 amide bonds. The van der Waals surface area contributed by atoms with Crippen molar-refractivity contribution in [3.05, 3.63) is 0 Å².